The molecule has 18 heavy (non-hydrogen) atoms. The third kappa shape index (κ3) is 4.97. The summed E-state index contributed by atoms with van der Waals surface area (Å²) in [6, 6.07) is 6.20. The molecule has 0 saturated heterocycles. The molecule has 4 nitrogen and oxygen atoms in total. The summed E-state index contributed by atoms with van der Waals surface area (Å²) in [7, 11) is 0. The minimum Gasteiger partial charge on any atom is -0.507 e. The van der Waals surface area contributed by atoms with E-state index >= 15 is 0 Å². The van der Waals surface area contributed by atoms with E-state index in [9.17, 15) is 14.7 Å². The number of carbonyl (C=O) groups excluding carboxylic acids is 2. The third-order valence-corrected chi connectivity index (χ3v) is 2.14. The van der Waals surface area contributed by atoms with Crippen LogP contribution in [0.15, 0.2) is 30.3 Å². The minimum atomic E-state index is -0.993. The SMILES string of the molecule is CCOC(=O)C(=O)C=C(O)c1ccc(Cl)cc1.[Li]. The summed E-state index contributed by atoms with van der Waals surface area (Å²) in [5.74, 6) is -2.20. The largest absolute Gasteiger partial charge is 0.507 e. The topological polar surface area (TPSA) is 63.6 Å². The van der Waals surface area contributed by atoms with Crippen molar-refractivity contribution in [2.75, 3.05) is 6.61 Å². The molecule has 1 aromatic carbocycles. The number of carbonyl (C=O) groups is 2. The van der Waals surface area contributed by atoms with Gasteiger partial charge in [-0.05, 0) is 31.2 Å². The van der Waals surface area contributed by atoms with Crippen LogP contribution in [0.3, 0.4) is 0 Å². The number of hydrogen-bond donors (Lipinski definition) is 1. The molecule has 1 aromatic rings. The zero-order valence-corrected chi connectivity index (χ0v) is 10.9. The first-order chi connectivity index (χ1) is 8.04. The van der Waals surface area contributed by atoms with Crippen LogP contribution in [0, 0.1) is 0 Å². The molecule has 1 radical (unpaired) electrons. The van der Waals surface area contributed by atoms with Crippen LogP contribution in [0.2, 0.25) is 5.02 Å². The van der Waals surface area contributed by atoms with E-state index in [1.54, 1.807) is 19.1 Å². The molecule has 0 aliphatic carbocycles. The Morgan fingerprint density at radius 2 is 1.89 bits per heavy atom. The predicted octanol–water partition coefficient (Wildman–Crippen LogP) is 1.99. The summed E-state index contributed by atoms with van der Waals surface area (Å²) in [6.45, 7) is 1.70. The molecule has 0 spiro atoms. The molecular formula is C12H11ClLiO4. The summed E-state index contributed by atoms with van der Waals surface area (Å²) in [4.78, 5) is 22.3. The number of ketones is 1. The van der Waals surface area contributed by atoms with Gasteiger partial charge in [-0.3, -0.25) is 4.79 Å². The minimum absolute atomic E-state index is 0. The number of aliphatic hydroxyl groups excluding tert-OH is 1. The van der Waals surface area contributed by atoms with Gasteiger partial charge in [0.05, 0.1) is 6.61 Å². The maximum atomic E-state index is 11.2. The Hall–Kier alpha value is -1.21. The molecule has 1 N–H and O–H groups in total. The van der Waals surface area contributed by atoms with E-state index in [1.165, 1.54) is 12.1 Å². The van der Waals surface area contributed by atoms with Crippen molar-refractivity contribution in [2.45, 2.75) is 6.92 Å². The summed E-state index contributed by atoms with van der Waals surface area (Å²) in [5.41, 5.74) is 0.395. The smallest absolute Gasteiger partial charge is 0.379 e. The van der Waals surface area contributed by atoms with Gasteiger partial charge in [-0.25, -0.2) is 4.79 Å². The molecule has 0 aliphatic heterocycles. The van der Waals surface area contributed by atoms with Crippen molar-refractivity contribution in [3.05, 3.63) is 40.9 Å². The molecule has 6 heteroatoms. The Balaban J connectivity index is 0.00000289. The van der Waals surface area contributed by atoms with Crippen LogP contribution in [0.1, 0.15) is 12.5 Å². The Bertz CT molecular complexity index is 454. The van der Waals surface area contributed by atoms with Crippen molar-refractivity contribution in [1.29, 1.82) is 0 Å². The van der Waals surface area contributed by atoms with Crippen molar-refractivity contribution in [3.8, 4) is 0 Å². The van der Waals surface area contributed by atoms with E-state index in [0.717, 1.165) is 6.08 Å². The maximum absolute atomic E-state index is 11.2. The van der Waals surface area contributed by atoms with E-state index in [0.29, 0.717) is 10.6 Å². The van der Waals surface area contributed by atoms with Gasteiger partial charge in [0, 0.05) is 35.5 Å². The molecule has 91 valence electrons. The van der Waals surface area contributed by atoms with E-state index in [2.05, 4.69) is 4.74 Å². The van der Waals surface area contributed by atoms with Crippen molar-refractivity contribution >= 4 is 48.0 Å². The van der Waals surface area contributed by atoms with Gasteiger partial charge in [-0.15, -0.1) is 0 Å². The number of hydrogen-bond acceptors (Lipinski definition) is 4. The van der Waals surface area contributed by atoms with Crippen LogP contribution >= 0.6 is 11.6 Å². The van der Waals surface area contributed by atoms with Crippen LogP contribution in [-0.4, -0.2) is 42.3 Å². The van der Waals surface area contributed by atoms with E-state index in [-0.39, 0.29) is 31.2 Å². The summed E-state index contributed by atoms with van der Waals surface area (Å²) >= 11 is 5.67. The van der Waals surface area contributed by atoms with Gasteiger partial charge >= 0.3 is 5.97 Å². The van der Waals surface area contributed by atoms with Crippen LogP contribution < -0.4 is 0 Å². The van der Waals surface area contributed by atoms with E-state index in [4.69, 9.17) is 11.6 Å². The van der Waals surface area contributed by atoms with Gasteiger partial charge in [0.2, 0.25) is 0 Å². The molecule has 0 heterocycles. The van der Waals surface area contributed by atoms with Gasteiger partial charge in [0.15, 0.2) is 0 Å². The fourth-order valence-corrected chi connectivity index (χ4v) is 1.22. The monoisotopic (exact) mass is 261 g/mol. The second kappa shape index (κ2) is 7.99. The van der Waals surface area contributed by atoms with Crippen LogP contribution in [0.5, 0.6) is 0 Å². The Morgan fingerprint density at radius 3 is 2.39 bits per heavy atom. The first-order valence-corrected chi connectivity index (χ1v) is 5.30. The van der Waals surface area contributed by atoms with Gasteiger partial charge < -0.3 is 9.84 Å². The number of ether oxygens (including phenoxy) is 1. The molecule has 0 atom stereocenters. The molecule has 0 aliphatic rings. The average Bonchev–Trinajstić information content (AvgIpc) is 2.30. The Labute approximate surface area is 122 Å². The molecule has 0 amide bonds. The number of esters is 1. The van der Waals surface area contributed by atoms with Gasteiger partial charge in [0.1, 0.15) is 5.76 Å². The quantitative estimate of drug-likeness (QED) is 0.296. The summed E-state index contributed by atoms with van der Waals surface area (Å²) < 4.78 is 4.49. The van der Waals surface area contributed by atoms with Crippen molar-refractivity contribution in [1.82, 2.24) is 0 Å². The van der Waals surface area contributed by atoms with Crippen molar-refractivity contribution in [3.63, 3.8) is 0 Å². The van der Waals surface area contributed by atoms with Gasteiger partial charge in [-0.2, -0.15) is 0 Å². The molecular weight excluding hydrogens is 251 g/mol. The molecule has 0 unspecified atom stereocenters. The van der Waals surface area contributed by atoms with E-state index < -0.39 is 11.8 Å². The molecule has 0 aromatic heterocycles. The molecule has 1 rings (SSSR count). The van der Waals surface area contributed by atoms with E-state index in [1.807, 2.05) is 0 Å². The van der Waals surface area contributed by atoms with Crippen LogP contribution in [0.4, 0.5) is 0 Å². The molecule has 0 fully saturated rings. The van der Waals surface area contributed by atoms with Gasteiger partial charge in [0.25, 0.3) is 5.78 Å². The zero-order chi connectivity index (χ0) is 12.8. The molecule has 0 bridgehead atoms. The number of rotatable bonds is 4. The number of benzene rings is 1. The maximum Gasteiger partial charge on any atom is 0.379 e. The first kappa shape index (κ1) is 16.8. The standard InChI is InChI=1S/C12H11ClO4.Li/c1-2-17-12(16)11(15)7-10(14)8-3-5-9(13)6-4-8;/h3-7,14H,2H2,1H3;. The van der Waals surface area contributed by atoms with Gasteiger partial charge in [-0.1, -0.05) is 11.6 Å². The normalized spacial score (nSPS) is 10.4. The Kier molecular flexibility index (Phi) is 7.45. The fraction of sp³-hybridized carbons (Fsp3) is 0.167. The number of halogens is 1. The zero-order valence-electron chi connectivity index (χ0n) is 10.1. The van der Waals surface area contributed by atoms with Crippen LogP contribution in [0.25, 0.3) is 5.76 Å². The predicted molar refractivity (Wildman–Crippen MR) is 69.5 cm³/mol. The fourth-order valence-electron chi connectivity index (χ4n) is 1.09. The van der Waals surface area contributed by atoms with Crippen LogP contribution in [-0.2, 0) is 14.3 Å². The van der Waals surface area contributed by atoms with Crippen molar-refractivity contribution in [2.24, 2.45) is 0 Å². The molecule has 0 saturated carbocycles. The number of aliphatic hydroxyl groups is 1. The summed E-state index contributed by atoms with van der Waals surface area (Å²) in [5, 5.41) is 10.1. The van der Waals surface area contributed by atoms with Crippen molar-refractivity contribution < 1.29 is 19.4 Å². The third-order valence-electron chi connectivity index (χ3n) is 1.88. The summed E-state index contributed by atoms with van der Waals surface area (Å²) in [6.07, 6.45) is 0.821. The first-order valence-electron chi connectivity index (χ1n) is 4.92. The second-order valence-corrected chi connectivity index (χ2v) is 3.56. The average molecular weight is 262 g/mol. The second-order valence-electron chi connectivity index (χ2n) is 3.12. The Morgan fingerprint density at radius 1 is 1.33 bits per heavy atom.